The molecule has 2 heterocycles. The topological polar surface area (TPSA) is 87.3 Å². The number of carbonyl (C=O) groups is 3. The van der Waals surface area contributed by atoms with E-state index in [1.165, 1.54) is 0 Å². The Bertz CT molecular complexity index is 289. The molecule has 3 N–H and O–H groups in total. The van der Waals surface area contributed by atoms with E-state index in [1.807, 2.05) is 0 Å². The fourth-order valence-electron chi connectivity index (χ4n) is 1.55. The Morgan fingerprint density at radius 3 is 2.14 bits per heavy atom. The van der Waals surface area contributed by atoms with Crippen molar-refractivity contribution in [2.45, 2.75) is 12.8 Å². The Kier molecular flexibility index (Phi) is 2.20. The minimum Gasteiger partial charge on any atom is -0.268 e. The number of carbonyl (C=O) groups excluding carboxylic acids is 3. The van der Waals surface area contributed by atoms with Crippen molar-refractivity contribution in [2.24, 2.45) is 0 Å². The smallest absolute Gasteiger partial charge is 0.268 e. The molecule has 0 radical (unpaired) electrons. The lowest BCUT2D eigenvalue weighted by Gasteiger charge is -2.41. The van der Waals surface area contributed by atoms with Crippen LogP contribution in [-0.2, 0) is 0 Å². The Balaban J connectivity index is 2.27. The van der Waals surface area contributed by atoms with Crippen molar-refractivity contribution in [3.8, 4) is 0 Å². The van der Waals surface area contributed by atoms with Gasteiger partial charge in [-0.15, -0.1) is 0 Å². The van der Waals surface area contributed by atoms with Gasteiger partial charge in [0.1, 0.15) is 0 Å². The van der Waals surface area contributed by atoms with Crippen LogP contribution in [0.2, 0.25) is 0 Å². The summed E-state index contributed by atoms with van der Waals surface area (Å²) in [6, 6.07) is -0.717. The zero-order valence-corrected chi connectivity index (χ0v) is 8.28. The summed E-state index contributed by atoms with van der Waals surface area (Å²) in [6.45, 7) is 0.657. The number of hydrogen-bond acceptors (Lipinski definition) is 4. The second-order valence-electron chi connectivity index (χ2n) is 3.20. The lowest BCUT2D eigenvalue weighted by molar-refractivity contribution is 0.230. The molecule has 1 spiro atoms. The third-order valence-electron chi connectivity index (χ3n) is 2.29. The Morgan fingerprint density at radius 2 is 1.64 bits per heavy atom. The molecule has 4 amide bonds. The first-order chi connectivity index (χ1) is 6.65. The monoisotopic (exact) mass is 217 g/mol. The summed E-state index contributed by atoms with van der Waals surface area (Å²) in [4.78, 5) is 34.0. The van der Waals surface area contributed by atoms with Gasteiger partial charge in [0.25, 0.3) is 10.5 Å². The van der Waals surface area contributed by atoms with Gasteiger partial charge in [0.2, 0.25) is 0 Å². The van der Waals surface area contributed by atoms with E-state index in [2.05, 4.69) is 15.4 Å². The van der Waals surface area contributed by atoms with E-state index in [4.69, 9.17) is 0 Å². The van der Waals surface area contributed by atoms with E-state index in [0.29, 0.717) is 12.3 Å². The van der Waals surface area contributed by atoms with Crippen molar-refractivity contribution in [2.75, 3.05) is 12.3 Å². The van der Waals surface area contributed by atoms with Crippen LogP contribution in [0, 0.1) is 0 Å². The standard InChI is InChI=1S/C7H11N3O3S/c11-5-9-6(12)14(7(13)10-5)4-2-1-3-8-14/h8H,1-4H2,(H2,9,10,11,12,13). The lowest BCUT2D eigenvalue weighted by atomic mass is 10.3. The fraction of sp³-hybridized carbons (Fsp3) is 0.571. The van der Waals surface area contributed by atoms with E-state index in [1.54, 1.807) is 0 Å². The van der Waals surface area contributed by atoms with E-state index in [0.717, 1.165) is 12.8 Å². The van der Waals surface area contributed by atoms with E-state index < -0.39 is 26.7 Å². The highest BCUT2D eigenvalue weighted by Gasteiger charge is 2.45. The summed E-state index contributed by atoms with van der Waals surface area (Å²) in [5.74, 6) is 0.526. The number of imide groups is 2. The van der Waals surface area contributed by atoms with Crippen LogP contribution in [0.4, 0.5) is 14.4 Å². The largest absolute Gasteiger partial charge is 0.329 e. The van der Waals surface area contributed by atoms with Crippen LogP contribution in [0.15, 0.2) is 0 Å². The highest BCUT2D eigenvalue weighted by molar-refractivity contribution is 8.54. The van der Waals surface area contributed by atoms with Gasteiger partial charge in [0, 0.05) is 12.3 Å². The summed E-state index contributed by atoms with van der Waals surface area (Å²) < 4.78 is 2.96. The first kappa shape index (κ1) is 9.47. The van der Waals surface area contributed by atoms with Gasteiger partial charge in [0.05, 0.1) is 0 Å². The second kappa shape index (κ2) is 3.25. The van der Waals surface area contributed by atoms with Gasteiger partial charge in [0.15, 0.2) is 0 Å². The highest BCUT2D eigenvalue weighted by Crippen LogP contribution is 2.48. The van der Waals surface area contributed by atoms with Crippen molar-refractivity contribution < 1.29 is 14.4 Å². The maximum Gasteiger partial charge on any atom is 0.329 e. The highest BCUT2D eigenvalue weighted by atomic mass is 32.3. The molecule has 0 aliphatic carbocycles. The molecule has 2 saturated heterocycles. The van der Waals surface area contributed by atoms with Crippen molar-refractivity contribution in [3.63, 3.8) is 0 Å². The number of amides is 4. The van der Waals surface area contributed by atoms with Crippen LogP contribution < -0.4 is 15.4 Å². The molecule has 2 aliphatic rings. The molecule has 14 heavy (non-hydrogen) atoms. The molecule has 0 aromatic heterocycles. The third-order valence-corrected chi connectivity index (χ3v) is 5.36. The molecular formula is C7H11N3O3S. The van der Waals surface area contributed by atoms with Crippen molar-refractivity contribution >= 4 is 26.7 Å². The van der Waals surface area contributed by atoms with Crippen molar-refractivity contribution in [1.82, 2.24) is 15.4 Å². The number of rotatable bonds is 0. The molecule has 2 rings (SSSR count). The normalized spacial score (nSPS) is 28.1. The second-order valence-corrected chi connectivity index (χ2v) is 6.12. The number of nitrogens with one attached hydrogen (secondary N) is 3. The molecule has 0 atom stereocenters. The summed E-state index contributed by atoms with van der Waals surface area (Å²) in [6.07, 6.45) is 1.81. The first-order valence-electron chi connectivity index (χ1n) is 4.37. The average Bonchev–Trinajstić information content (AvgIpc) is 2.16. The summed E-state index contributed by atoms with van der Waals surface area (Å²) in [7, 11) is -2.16. The molecule has 0 unspecified atom stereocenters. The maximum atomic E-state index is 11.6. The SMILES string of the molecule is O=C1NC(=O)S2(CCCCN2)C(=O)N1. The van der Waals surface area contributed by atoms with Crippen LogP contribution in [0.5, 0.6) is 0 Å². The minimum absolute atomic E-state index is 0.453. The zero-order valence-electron chi connectivity index (χ0n) is 7.46. The predicted molar refractivity (Wildman–Crippen MR) is 52.2 cm³/mol. The van der Waals surface area contributed by atoms with Gasteiger partial charge in [-0.25, -0.2) is 4.79 Å². The van der Waals surface area contributed by atoms with Gasteiger partial charge in [-0.05, 0) is 23.1 Å². The molecule has 6 nitrogen and oxygen atoms in total. The van der Waals surface area contributed by atoms with Crippen LogP contribution in [0.3, 0.4) is 0 Å². The third kappa shape index (κ3) is 1.28. The summed E-state index contributed by atoms with van der Waals surface area (Å²) in [5.41, 5.74) is 0. The van der Waals surface area contributed by atoms with Gasteiger partial charge in [-0.3, -0.25) is 24.9 Å². The Labute approximate surface area is 82.2 Å². The fourth-order valence-corrected chi connectivity index (χ4v) is 4.16. The maximum absolute atomic E-state index is 11.6. The molecule has 2 fully saturated rings. The quantitative estimate of drug-likeness (QED) is 0.555. The molecule has 7 heteroatoms. The van der Waals surface area contributed by atoms with Crippen molar-refractivity contribution in [3.05, 3.63) is 0 Å². The van der Waals surface area contributed by atoms with E-state index >= 15 is 0 Å². The zero-order chi connectivity index (χ0) is 10.2. The number of urea groups is 1. The minimum atomic E-state index is -2.16. The molecule has 2 aliphatic heterocycles. The Morgan fingerprint density at radius 1 is 1.00 bits per heavy atom. The molecular weight excluding hydrogens is 206 g/mol. The number of hydrogen-bond donors (Lipinski definition) is 3. The van der Waals surface area contributed by atoms with Crippen LogP contribution in [0.25, 0.3) is 0 Å². The molecule has 0 saturated carbocycles. The average molecular weight is 217 g/mol. The van der Waals surface area contributed by atoms with Crippen molar-refractivity contribution in [1.29, 1.82) is 0 Å². The lowest BCUT2D eigenvalue weighted by Crippen LogP contribution is -2.57. The van der Waals surface area contributed by atoms with Crippen LogP contribution in [-0.4, -0.2) is 28.8 Å². The van der Waals surface area contributed by atoms with Crippen LogP contribution >= 0.6 is 10.2 Å². The van der Waals surface area contributed by atoms with E-state index in [9.17, 15) is 14.4 Å². The molecule has 0 bridgehead atoms. The molecule has 0 aromatic rings. The van der Waals surface area contributed by atoms with Gasteiger partial charge < -0.3 is 0 Å². The summed E-state index contributed by atoms with van der Waals surface area (Å²) >= 11 is 0. The van der Waals surface area contributed by atoms with Crippen LogP contribution in [0.1, 0.15) is 12.8 Å². The summed E-state index contributed by atoms with van der Waals surface area (Å²) in [5, 5.41) is 3.36. The molecule has 78 valence electrons. The van der Waals surface area contributed by atoms with Gasteiger partial charge in [-0.2, -0.15) is 0 Å². The van der Waals surface area contributed by atoms with Gasteiger partial charge in [-0.1, -0.05) is 0 Å². The predicted octanol–water partition coefficient (Wildman–Crippen LogP) is 0.642. The first-order valence-corrected chi connectivity index (χ1v) is 6.17. The van der Waals surface area contributed by atoms with Gasteiger partial charge >= 0.3 is 6.03 Å². The Hall–Kier alpha value is -1.08. The molecule has 0 aromatic carbocycles. The van der Waals surface area contributed by atoms with E-state index in [-0.39, 0.29) is 0 Å².